The van der Waals surface area contributed by atoms with Gasteiger partial charge in [0.2, 0.25) is 5.94 Å². The largest absolute Gasteiger partial charge is 0.449 e. The predicted octanol–water partition coefficient (Wildman–Crippen LogP) is -0.995. The predicted molar refractivity (Wildman–Crippen MR) is 23.6 cm³/mol. The number of carbonyl (C=O) groups excluding carboxylic acids is 1. The lowest BCUT2D eigenvalue weighted by Gasteiger charge is -1.89. The molecule has 0 aromatic heterocycles. The summed E-state index contributed by atoms with van der Waals surface area (Å²) in [5.74, 6) is -0.976. The summed E-state index contributed by atoms with van der Waals surface area (Å²) in [4.78, 5) is 9.25. The molecule has 1 N–H and O–H groups in total. The highest BCUT2D eigenvalue weighted by atomic mass is 32.2. The molecule has 0 aliphatic heterocycles. The molecule has 48 valence electrons. The lowest BCUT2D eigenvalue weighted by molar-refractivity contribution is -0.127. The van der Waals surface area contributed by atoms with Crippen molar-refractivity contribution in [1.29, 1.82) is 0 Å². The molecule has 0 spiro atoms. The zero-order valence-electron chi connectivity index (χ0n) is 3.77. The molecule has 0 saturated carbocycles. The first-order chi connectivity index (χ1) is 3.56. The second-order valence-corrected chi connectivity index (χ2v) is 2.36. The Morgan fingerprint density at radius 1 is 1.62 bits per heavy atom. The van der Waals surface area contributed by atoms with Crippen LogP contribution in [-0.4, -0.2) is 25.4 Å². The van der Waals surface area contributed by atoms with E-state index < -0.39 is 16.1 Å². The summed E-state index contributed by atoms with van der Waals surface area (Å²) in [6, 6.07) is 0. The minimum absolute atomic E-state index is 0.0617. The van der Waals surface area contributed by atoms with Crippen molar-refractivity contribution < 1.29 is 22.5 Å². The fourth-order valence-corrected chi connectivity index (χ4v) is 0.341. The van der Waals surface area contributed by atoms with E-state index in [2.05, 4.69) is 4.74 Å². The van der Waals surface area contributed by atoms with Crippen LogP contribution >= 0.6 is 0 Å². The van der Waals surface area contributed by atoms with Gasteiger partial charge in [0, 0.05) is 0 Å². The first kappa shape index (κ1) is 7.38. The fraction of sp³-hybridized carbons (Fsp3) is 0.500. The van der Waals surface area contributed by atoms with Crippen molar-refractivity contribution in [2.45, 2.75) is 0 Å². The van der Waals surface area contributed by atoms with Gasteiger partial charge in [0.05, 0.1) is 0 Å². The Morgan fingerprint density at radius 3 is 2.25 bits per heavy atom. The molecule has 0 unspecified atom stereocenters. The van der Waals surface area contributed by atoms with Gasteiger partial charge in [0.25, 0.3) is 6.47 Å². The maximum absolute atomic E-state index is 9.66. The van der Waals surface area contributed by atoms with E-state index in [0.29, 0.717) is 0 Å². The molecule has 0 rings (SSSR count). The molecule has 0 saturated heterocycles. The van der Waals surface area contributed by atoms with Crippen LogP contribution in [0.4, 0.5) is 0 Å². The van der Waals surface area contributed by atoms with Crippen molar-refractivity contribution >= 4 is 16.6 Å². The molecule has 0 radical (unpaired) electrons. The molecule has 0 amide bonds. The van der Waals surface area contributed by atoms with Crippen LogP contribution in [0.15, 0.2) is 0 Å². The van der Waals surface area contributed by atoms with Gasteiger partial charge in [-0.2, -0.15) is 8.42 Å². The van der Waals surface area contributed by atoms with E-state index in [9.17, 15) is 13.2 Å². The third-order valence-corrected chi connectivity index (χ3v) is 0.719. The van der Waals surface area contributed by atoms with Crippen LogP contribution in [-0.2, 0) is 19.6 Å². The first-order valence-electron chi connectivity index (χ1n) is 1.56. The molecule has 8 heavy (non-hydrogen) atoms. The van der Waals surface area contributed by atoms with E-state index in [1.807, 2.05) is 0 Å². The molecule has 0 fully saturated rings. The Kier molecular flexibility index (Phi) is 2.43. The lowest BCUT2D eigenvalue weighted by Crippen LogP contribution is -2.06. The van der Waals surface area contributed by atoms with Crippen LogP contribution in [0, 0.1) is 0 Å². The molecule has 0 atom stereocenters. The third-order valence-electron chi connectivity index (χ3n) is 0.285. The van der Waals surface area contributed by atoms with Gasteiger partial charge < -0.3 is 4.74 Å². The van der Waals surface area contributed by atoms with E-state index in [1.54, 1.807) is 0 Å². The van der Waals surface area contributed by atoms with Crippen molar-refractivity contribution in [2.75, 3.05) is 5.94 Å². The maximum atomic E-state index is 9.66. The van der Waals surface area contributed by atoms with E-state index in [-0.39, 0.29) is 6.47 Å². The Morgan fingerprint density at radius 2 is 2.12 bits per heavy atom. The van der Waals surface area contributed by atoms with Crippen molar-refractivity contribution in [3.8, 4) is 0 Å². The highest BCUT2D eigenvalue weighted by Gasteiger charge is 2.01. The lowest BCUT2D eigenvalue weighted by atomic mass is 11.5. The van der Waals surface area contributed by atoms with E-state index in [1.165, 1.54) is 0 Å². The molecule has 5 nitrogen and oxygen atoms in total. The van der Waals surface area contributed by atoms with Gasteiger partial charge in [-0.3, -0.25) is 9.35 Å². The number of hydrogen-bond acceptors (Lipinski definition) is 4. The minimum Gasteiger partial charge on any atom is -0.449 e. The normalized spacial score (nSPS) is 10.6. The number of rotatable bonds is 3. The van der Waals surface area contributed by atoms with Gasteiger partial charge in [-0.05, 0) is 0 Å². The summed E-state index contributed by atoms with van der Waals surface area (Å²) in [5, 5.41) is 0. The van der Waals surface area contributed by atoms with E-state index in [4.69, 9.17) is 4.55 Å². The topological polar surface area (TPSA) is 80.7 Å². The van der Waals surface area contributed by atoms with E-state index >= 15 is 0 Å². The van der Waals surface area contributed by atoms with Crippen LogP contribution in [0.5, 0.6) is 0 Å². The average molecular weight is 140 g/mol. The fourth-order valence-electron chi connectivity index (χ4n) is 0.114. The van der Waals surface area contributed by atoms with Crippen molar-refractivity contribution in [3.05, 3.63) is 0 Å². The second kappa shape index (κ2) is 2.63. The smallest absolute Gasteiger partial charge is 0.300 e. The van der Waals surface area contributed by atoms with Gasteiger partial charge in [0.1, 0.15) is 0 Å². The van der Waals surface area contributed by atoms with Gasteiger partial charge in [-0.25, -0.2) is 0 Å². The SMILES string of the molecule is O=COCS(=O)(=O)O. The van der Waals surface area contributed by atoms with Crippen LogP contribution in [0.25, 0.3) is 0 Å². The summed E-state index contributed by atoms with van der Waals surface area (Å²) in [6.45, 7) is -0.0617. The van der Waals surface area contributed by atoms with Gasteiger partial charge in [-0.15, -0.1) is 0 Å². The van der Waals surface area contributed by atoms with Crippen molar-refractivity contribution in [3.63, 3.8) is 0 Å². The minimum atomic E-state index is -4.14. The van der Waals surface area contributed by atoms with Gasteiger partial charge in [-0.1, -0.05) is 0 Å². The van der Waals surface area contributed by atoms with E-state index in [0.717, 1.165) is 0 Å². The first-order valence-corrected chi connectivity index (χ1v) is 3.17. The number of hydrogen-bond donors (Lipinski definition) is 1. The van der Waals surface area contributed by atoms with Crippen molar-refractivity contribution in [1.82, 2.24) is 0 Å². The molecule has 0 aliphatic rings. The second-order valence-electron chi connectivity index (χ2n) is 0.963. The molecule has 0 aliphatic carbocycles. The van der Waals surface area contributed by atoms with Crippen molar-refractivity contribution in [2.24, 2.45) is 0 Å². The molecular formula is C2H4O5S. The Bertz CT molecular complexity index is 155. The Hall–Kier alpha value is -0.620. The highest BCUT2D eigenvalue weighted by molar-refractivity contribution is 7.85. The van der Waals surface area contributed by atoms with Crippen LogP contribution in [0.3, 0.4) is 0 Å². The monoisotopic (exact) mass is 140 g/mol. The highest BCUT2D eigenvalue weighted by Crippen LogP contribution is 1.78. The average Bonchev–Trinajstić information content (AvgIpc) is 1.59. The molecule has 0 aromatic rings. The van der Waals surface area contributed by atoms with Crippen LogP contribution < -0.4 is 0 Å². The Balaban J connectivity index is 3.57. The summed E-state index contributed by atoms with van der Waals surface area (Å²) < 4.78 is 30.8. The quantitative estimate of drug-likeness (QED) is 0.402. The molecule has 6 heteroatoms. The van der Waals surface area contributed by atoms with Crippen LogP contribution in [0.1, 0.15) is 0 Å². The summed E-state index contributed by atoms with van der Waals surface area (Å²) in [7, 11) is -4.14. The summed E-state index contributed by atoms with van der Waals surface area (Å²) in [6.07, 6.45) is 0. The summed E-state index contributed by atoms with van der Waals surface area (Å²) >= 11 is 0. The maximum Gasteiger partial charge on any atom is 0.300 e. The van der Waals surface area contributed by atoms with Gasteiger partial charge in [0.15, 0.2) is 0 Å². The number of ether oxygens (including phenoxy) is 1. The van der Waals surface area contributed by atoms with Crippen LogP contribution in [0.2, 0.25) is 0 Å². The standard InChI is InChI=1S/C2H4O5S/c3-1-7-2-8(4,5)6/h1H,2H2,(H,4,5,6). The number of carbonyl (C=O) groups is 1. The van der Waals surface area contributed by atoms with Gasteiger partial charge >= 0.3 is 10.1 Å². The Labute approximate surface area is 46.0 Å². The zero-order chi connectivity index (χ0) is 6.62. The molecular weight excluding hydrogens is 136 g/mol. The third kappa shape index (κ3) is 5.38. The summed E-state index contributed by atoms with van der Waals surface area (Å²) in [5.41, 5.74) is 0. The molecule has 0 bridgehead atoms. The zero-order valence-corrected chi connectivity index (χ0v) is 4.59. The molecule has 0 heterocycles. The molecule has 0 aromatic carbocycles.